The van der Waals surface area contributed by atoms with Gasteiger partial charge in [-0.25, -0.2) is 0 Å². The van der Waals surface area contributed by atoms with Gasteiger partial charge in [-0.2, -0.15) is 0 Å². The summed E-state index contributed by atoms with van der Waals surface area (Å²) < 4.78 is 1.14. The van der Waals surface area contributed by atoms with E-state index in [9.17, 15) is 0 Å². The topological polar surface area (TPSA) is 12.0 Å². The fourth-order valence-electron chi connectivity index (χ4n) is 1.68. The van der Waals surface area contributed by atoms with E-state index in [4.69, 9.17) is 0 Å². The molecule has 0 heterocycles. The highest BCUT2D eigenvalue weighted by Crippen LogP contribution is 2.23. The van der Waals surface area contributed by atoms with E-state index in [1.807, 2.05) is 7.05 Å². The fourth-order valence-corrected chi connectivity index (χ4v) is 1.95. The molecule has 15 heavy (non-hydrogen) atoms. The van der Waals surface area contributed by atoms with E-state index in [-0.39, 0.29) is 0 Å². The van der Waals surface area contributed by atoms with Crippen molar-refractivity contribution in [1.82, 2.24) is 5.32 Å². The summed E-state index contributed by atoms with van der Waals surface area (Å²) in [5, 5.41) is 3.39. The Morgan fingerprint density at radius 3 is 2.33 bits per heavy atom. The van der Waals surface area contributed by atoms with Crippen molar-refractivity contribution in [2.24, 2.45) is 5.92 Å². The van der Waals surface area contributed by atoms with Crippen LogP contribution in [-0.2, 0) is 0 Å². The first-order valence-corrected chi connectivity index (χ1v) is 6.39. The van der Waals surface area contributed by atoms with Gasteiger partial charge in [-0.05, 0) is 37.1 Å². The first kappa shape index (κ1) is 12.7. The van der Waals surface area contributed by atoms with Gasteiger partial charge in [0.05, 0.1) is 0 Å². The van der Waals surface area contributed by atoms with E-state index in [0.29, 0.717) is 6.04 Å². The molecule has 2 heteroatoms. The first-order chi connectivity index (χ1) is 7.17. The highest BCUT2D eigenvalue weighted by atomic mass is 79.9. The summed E-state index contributed by atoms with van der Waals surface area (Å²) in [5.41, 5.74) is 1.38. The largest absolute Gasteiger partial charge is 0.313 e. The zero-order valence-electron chi connectivity index (χ0n) is 9.76. The van der Waals surface area contributed by atoms with Crippen LogP contribution in [0.15, 0.2) is 28.7 Å². The molecule has 0 bridgehead atoms. The molecular formula is C13H20BrN. The molecule has 0 aliphatic carbocycles. The Kier molecular flexibility index (Phi) is 5.34. The molecule has 1 N–H and O–H groups in total. The molecule has 1 aromatic carbocycles. The van der Waals surface area contributed by atoms with Crippen molar-refractivity contribution in [3.05, 3.63) is 34.3 Å². The van der Waals surface area contributed by atoms with Crippen molar-refractivity contribution in [3.8, 4) is 0 Å². The highest BCUT2D eigenvalue weighted by Gasteiger charge is 2.11. The van der Waals surface area contributed by atoms with Gasteiger partial charge in [-0.1, -0.05) is 48.3 Å². The van der Waals surface area contributed by atoms with Crippen molar-refractivity contribution in [2.75, 3.05) is 7.05 Å². The second kappa shape index (κ2) is 6.29. The third-order valence-corrected chi connectivity index (χ3v) is 3.48. The molecule has 2 atom stereocenters. The predicted octanol–water partition coefficient (Wildman–Crippen LogP) is 4.15. The lowest BCUT2D eigenvalue weighted by atomic mass is 9.94. The molecule has 0 aromatic heterocycles. The van der Waals surface area contributed by atoms with E-state index in [1.165, 1.54) is 18.4 Å². The van der Waals surface area contributed by atoms with Crippen LogP contribution < -0.4 is 5.32 Å². The van der Waals surface area contributed by atoms with Gasteiger partial charge >= 0.3 is 0 Å². The summed E-state index contributed by atoms with van der Waals surface area (Å²) in [6, 6.07) is 9.07. The second-order valence-electron chi connectivity index (χ2n) is 4.14. The van der Waals surface area contributed by atoms with E-state index < -0.39 is 0 Å². The van der Waals surface area contributed by atoms with Crippen LogP contribution in [0.5, 0.6) is 0 Å². The third-order valence-electron chi connectivity index (χ3n) is 2.96. The van der Waals surface area contributed by atoms with Crippen LogP contribution in [0.2, 0.25) is 0 Å². The lowest BCUT2D eigenvalue weighted by Crippen LogP contribution is -2.18. The van der Waals surface area contributed by atoms with Gasteiger partial charge in [0.15, 0.2) is 0 Å². The molecule has 84 valence electrons. The molecule has 0 saturated carbocycles. The summed E-state index contributed by atoms with van der Waals surface area (Å²) >= 11 is 3.46. The van der Waals surface area contributed by atoms with Crippen LogP contribution in [0.4, 0.5) is 0 Å². The summed E-state index contributed by atoms with van der Waals surface area (Å²) in [6.07, 6.45) is 2.45. The Balaban J connectivity index is 2.69. The monoisotopic (exact) mass is 269 g/mol. The summed E-state index contributed by atoms with van der Waals surface area (Å²) in [6.45, 7) is 4.56. The summed E-state index contributed by atoms with van der Waals surface area (Å²) in [4.78, 5) is 0. The maximum atomic E-state index is 3.46. The Morgan fingerprint density at radius 1 is 1.27 bits per heavy atom. The SMILES string of the molecule is CCC(C)CC(NC)c1ccc(Br)cc1. The molecule has 0 amide bonds. The molecule has 0 spiro atoms. The standard InChI is InChI=1S/C13H20BrN/c1-4-10(2)9-13(15-3)11-5-7-12(14)8-6-11/h5-8,10,13,15H,4,9H2,1-3H3. The lowest BCUT2D eigenvalue weighted by molar-refractivity contribution is 0.422. The average Bonchev–Trinajstić information content (AvgIpc) is 2.27. The molecule has 2 unspecified atom stereocenters. The number of hydrogen-bond acceptors (Lipinski definition) is 1. The van der Waals surface area contributed by atoms with Gasteiger partial charge in [0, 0.05) is 10.5 Å². The van der Waals surface area contributed by atoms with E-state index in [1.54, 1.807) is 0 Å². The molecule has 1 rings (SSSR count). The van der Waals surface area contributed by atoms with E-state index in [2.05, 4.69) is 59.4 Å². The fraction of sp³-hybridized carbons (Fsp3) is 0.538. The van der Waals surface area contributed by atoms with Gasteiger partial charge in [0.1, 0.15) is 0 Å². The van der Waals surface area contributed by atoms with Crippen molar-refractivity contribution < 1.29 is 0 Å². The van der Waals surface area contributed by atoms with Crippen LogP contribution in [0.25, 0.3) is 0 Å². The van der Waals surface area contributed by atoms with Crippen LogP contribution >= 0.6 is 15.9 Å². The smallest absolute Gasteiger partial charge is 0.0320 e. The molecule has 1 nitrogen and oxygen atoms in total. The number of nitrogens with one attached hydrogen (secondary N) is 1. The van der Waals surface area contributed by atoms with Crippen molar-refractivity contribution in [3.63, 3.8) is 0 Å². The van der Waals surface area contributed by atoms with Crippen LogP contribution in [-0.4, -0.2) is 7.05 Å². The second-order valence-corrected chi connectivity index (χ2v) is 5.06. The minimum Gasteiger partial charge on any atom is -0.313 e. The maximum absolute atomic E-state index is 3.46. The van der Waals surface area contributed by atoms with Gasteiger partial charge in [-0.15, -0.1) is 0 Å². The molecule has 0 saturated heterocycles. The van der Waals surface area contributed by atoms with Gasteiger partial charge in [-0.3, -0.25) is 0 Å². The Morgan fingerprint density at radius 2 is 1.87 bits per heavy atom. The van der Waals surface area contributed by atoms with Gasteiger partial charge in [0.25, 0.3) is 0 Å². The zero-order valence-corrected chi connectivity index (χ0v) is 11.3. The van der Waals surface area contributed by atoms with E-state index in [0.717, 1.165) is 10.4 Å². The number of rotatable bonds is 5. The molecule has 0 radical (unpaired) electrons. The third kappa shape index (κ3) is 3.96. The number of halogens is 1. The minimum absolute atomic E-state index is 0.480. The zero-order chi connectivity index (χ0) is 11.3. The quantitative estimate of drug-likeness (QED) is 0.847. The predicted molar refractivity (Wildman–Crippen MR) is 70.0 cm³/mol. The summed E-state index contributed by atoms with van der Waals surface area (Å²) in [5.74, 6) is 0.770. The van der Waals surface area contributed by atoms with Gasteiger partial charge < -0.3 is 5.32 Å². The molecular weight excluding hydrogens is 250 g/mol. The molecule has 1 aromatic rings. The Hall–Kier alpha value is -0.340. The van der Waals surface area contributed by atoms with Gasteiger partial charge in [0.2, 0.25) is 0 Å². The Bertz CT molecular complexity index is 281. The average molecular weight is 270 g/mol. The van der Waals surface area contributed by atoms with Crippen LogP contribution in [0.3, 0.4) is 0 Å². The normalized spacial score (nSPS) is 14.9. The number of hydrogen-bond donors (Lipinski definition) is 1. The molecule has 0 fully saturated rings. The number of benzene rings is 1. The van der Waals surface area contributed by atoms with Crippen molar-refractivity contribution >= 4 is 15.9 Å². The van der Waals surface area contributed by atoms with Crippen molar-refractivity contribution in [2.45, 2.75) is 32.7 Å². The molecule has 0 aliphatic rings. The Labute approximate surface area is 101 Å². The van der Waals surface area contributed by atoms with Crippen molar-refractivity contribution in [1.29, 1.82) is 0 Å². The highest BCUT2D eigenvalue weighted by molar-refractivity contribution is 9.10. The van der Waals surface area contributed by atoms with E-state index >= 15 is 0 Å². The molecule has 0 aliphatic heterocycles. The lowest BCUT2D eigenvalue weighted by Gasteiger charge is -2.20. The summed E-state index contributed by atoms with van der Waals surface area (Å²) in [7, 11) is 2.04. The van der Waals surface area contributed by atoms with Crippen LogP contribution in [0.1, 0.15) is 38.3 Å². The van der Waals surface area contributed by atoms with Crippen LogP contribution in [0, 0.1) is 5.92 Å². The minimum atomic E-state index is 0.480. The maximum Gasteiger partial charge on any atom is 0.0320 e. The first-order valence-electron chi connectivity index (χ1n) is 5.60.